The highest BCUT2D eigenvalue weighted by atomic mass is 16.8. The molecule has 2 heterocycles. The first-order chi connectivity index (χ1) is 23.5. The molecule has 4 aromatic carbocycles. The van der Waals surface area contributed by atoms with E-state index in [1.807, 2.05) is 36.4 Å². The van der Waals surface area contributed by atoms with Gasteiger partial charge in [-0.2, -0.15) is 0 Å². The first kappa shape index (κ1) is 32.8. The number of fused-ring (bicyclic) bond motifs is 1. The van der Waals surface area contributed by atoms with Gasteiger partial charge >= 0.3 is 17.9 Å². The third kappa shape index (κ3) is 7.39. The number of hydrogen-bond donors (Lipinski definition) is 0. The van der Waals surface area contributed by atoms with Crippen LogP contribution in [0.3, 0.4) is 0 Å². The zero-order valence-corrected chi connectivity index (χ0v) is 26.2. The summed E-state index contributed by atoms with van der Waals surface area (Å²) in [5, 5.41) is 0. The molecule has 0 radical (unpaired) electrons. The van der Waals surface area contributed by atoms with Crippen molar-refractivity contribution in [2.45, 2.75) is 55.8 Å². The zero-order valence-electron chi connectivity index (χ0n) is 26.2. The standard InChI is InChI=1S/C39H36O9/c1-2-3-16-25-39(30-23-14-7-15-24-30)47-34-33(46-37(42)29-21-12-6-13-22-29)32(45-36(41)28-19-10-5-11-20-28)31(44-38(34)48-39)26-43-35(40)27-17-8-4-9-18-27/h2,4-15,17-24,31-34,38H,1,3,16,25-26H2/t31-,32-,33+,34+,38+,39?/m1/s1. The van der Waals surface area contributed by atoms with Gasteiger partial charge in [-0.25, -0.2) is 14.4 Å². The molecule has 48 heavy (non-hydrogen) atoms. The van der Waals surface area contributed by atoms with Gasteiger partial charge in [0.15, 0.2) is 30.4 Å². The molecule has 0 saturated carbocycles. The van der Waals surface area contributed by atoms with E-state index in [1.54, 1.807) is 91.0 Å². The van der Waals surface area contributed by atoms with Crippen molar-refractivity contribution >= 4 is 17.9 Å². The third-order valence-electron chi connectivity index (χ3n) is 8.25. The molecule has 1 unspecified atom stereocenters. The predicted octanol–water partition coefficient (Wildman–Crippen LogP) is 6.64. The maximum Gasteiger partial charge on any atom is 0.338 e. The number of rotatable bonds is 12. The summed E-state index contributed by atoms with van der Waals surface area (Å²) in [6.07, 6.45) is -2.02. The Morgan fingerprint density at radius 3 is 1.71 bits per heavy atom. The maximum absolute atomic E-state index is 13.6. The minimum Gasteiger partial charge on any atom is -0.459 e. The number of benzene rings is 4. The Bertz CT molecular complexity index is 1680. The lowest BCUT2D eigenvalue weighted by atomic mass is 9.97. The number of allylic oxidation sites excluding steroid dienone is 1. The van der Waals surface area contributed by atoms with E-state index in [4.69, 9.17) is 28.4 Å². The number of hydrogen-bond acceptors (Lipinski definition) is 9. The number of unbranched alkanes of at least 4 members (excludes halogenated alkanes) is 1. The molecule has 2 fully saturated rings. The number of ether oxygens (including phenoxy) is 6. The summed E-state index contributed by atoms with van der Waals surface area (Å²) >= 11 is 0. The Balaban J connectivity index is 1.37. The van der Waals surface area contributed by atoms with Crippen LogP contribution in [0, 0.1) is 0 Å². The highest BCUT2D eigenvalue weighted by molar-refractivity contribution is 5.91. The van der Waals surface area contributed by atoms with E-state index >= 15 is 0 Å². The second kappa shape index (κ2) is 15.2. The molecule has 246 valence electrons. The second-order valence-corrected chi connectivity index (χ2v) is 11.5. The monoisotopic (exact) mass is 648 g/mol. The molecule has 0 bridgehead atoms. The molecule has 4 aromatic rings. The summed E-state index contributed by atoms with van der Waals surface area (Å²) in [5.41, 5.74) is 1.64. The first-order valence-corrected chi connectivity index (χ1v) is 15.9. The highest BCUT2D eigenvalue weighted by Gasteiger charge is 2.60. The molecule has 0 aromatic heterocycles. The molecule has 0 spiro atoms. The Kier molecular flexibility index (Phi) is 10.4. The summed E-state index contributed by atoms with van der Waals surface area (Å²) in [4.78, 5) is 40.1. The van der Waals surface area contributed by atoms with Crippen LogP contribution in [-0.4, -0.2) is 55.2 Å². The quantitative estimate of drug-likeness (QED) is 0.0723. The van der Waals surface area contributed by atoms with Crippen LogP contribution < -0.4 is 0 Å². The Morgan fingerprint density at radius 2 is 1.17 bits per heavy atom. The topological polar surface area (TPSA) is 107 Å². The zero-order chi connectivity index (χ0) is 33.3. The molecule has 2 aliphatic heterocycles. The Hall–Kier alpha value is -5.09. The molecule has 6 rings (SSSR count). The van der Waals surface area contributed by atoms with Crippen molar-refractivity contribution in [1.82, 2.24) is 0 Å². The van der Waals surface area contributed by atoms with Gasteiger partial charge in [0.25, 0.3) is 0 Å². The molecule has 2 aliphatic rings. The summed E-state index contributed by atoms with van der Waals surface area (Å²) in [7, 11) is 0. The average molecular weight is 649 g/mol. The lowest BCUT2D eigenvalue weighted by Crippen LogP contribution is -2.60. The second-order valence-electron chi connectivity index (χ2n) is 11.5. The van der Waals surface area contributed by atoms with Crippen molar-refractivity contribution in [2.75, 3.05) is 6.61 Å². The SMILES string of the molecule is C=CCCCC1(c2ccccc2)O[C@@H]2O[C@H](COC(=O)c3ccccc3)[C@@H](OC(=O)c3ccccc3)[C@H](OC(=O)c3ccccc3)[C@@H]2O1. The van der Waals surface area contributed by atoms with Crippen molar-refractivity contribution in [2.24, 2.45) is 0 Å². The first-order valence-electron chi connectivity index (χ1n) is 15.9. The van der Waals surface area contributed by atoms with E-state index in [2.05, 4.69) is 6.58 Å². The Morgan fingerprint density at radius 1 is 0.667 bits per heavy atom. The fourth-order valence-electron chi connectivity index (χ4n) is 5.86. The van der Waals surface area contributed by atoms with E-state index in [-0.39, 0.29) is 12.2 Å². The van der Waals surface area contributed by atoms with Crippen LogP contribution in [0.2, 0.25) is 0 Å². The average Bonchev–Trinajstić information content (AvgIpc) is 3.52. The van der Waals surface area contributed by atoms with Gasteiger partial charge in [0.1, 0.15) is 12.7 Å². The van der Waals surface area contributed by atoms with Crippen molar-refractivity contribution in [3.63, 3.8) is 0 Å². The van der Waals surface area contributed by atoms with Gasteiger partial charge < -0.3 is 28.4 Å². The van der Waals surface area contributed by atoms with Gasteiger partial charge in [-0.3, -0.25) is 0 Å². The van der Waals surface area contributed by atoms with E-state index in [1.165, 1.54) is 0 Å². The molecule has 2 saturated heterocycles. The number of carbonyl (C=O) groups is 3. The van der Waals surface area contributed by atoms with Crippen LogP contribution in [0.5, 0.6) is 0 Å². The van der Waals surface area contributed by atoms with E-state index < -0.39 is 54.4 Å². The molecular formula is C39H36O9. The number of carbonyl (C=O) groups excluding carboxylic acids is 3. The molecule has 6 atom stereocenters. The van der Waals surface area contributed by atoms with Crippen molar-refractivity contribution in [3.05, 3.63) is 156 Å². The van der Waals surface area contributed by atoms with E-state index in [9.17, 15) is 14.4 Å². The fraction of sp³-hybridized carbons (Fsp3) is 0.256. The lowest BCUT2D eigenvalue weighted by molar-refractivity contribution is -0.261. The van der Waals surface area contributed by atoms with Gasteiger partial charge in [-0.15, -0.1) is 6.58 Å². The molecule has 0 aliphatic carbocycles. The summed E-state index contributed by atoms with van der Waals surface area (Å²) in [6, 6.07) is 34.8. The molecule has 9 nitrogen and oxygen atoms in total. The number of esters is 3. The van der Waals surface area contributed by atoms with E-state index in [0.717, 1.165) is 5.56 Å². The highest BCUT2D eigenvalue weighted by Crippen LogP contribution is 2.47. The normalized spacial score (nSPS) is 24.5. The Labute approximate surface area is 279 Å². The van der Waals surface area contributed by atoms with E-state index in [0.29, 0.717) is 30.4 Å². The summed E-state index contributed by atoms with van der Waals surface area (Å²) < 4.78 is 37.7. The van der Waals surface area contributed by atoms with Gasteiger partial charge in [-0.05, 0) is 49.2 Å². The van der Waals surface area contributed by atoms with Gasteiger partial charge in [0.2, 0.25) is 0 Å². The van der Waals surface area contributed by atoms with Crippen molar-refractivity contribution < 1.29 is 42.8 Å². The third-order valence-corrected chi connectivity index (χ3v) is 8.25. The molecule has 0 amide bonds. The van der Waals surface area contributed by atoms with Gasteiger partial charge in [0.05, 0.1) is 16.7 Å². The lowest BCUT2D eigenvalue weighted by Gasteiger charge is -2.41. The molecular weight excluding hydrogens is 612 g/mol. The summed E-state index contributed by atoms with van der Waals surface area (Å²) in [5.74, 6) is -3.21. The fourth-order valence-corrected chi connectivity index (χ4v) is 5.86. The minimum atomic E-state index is -1.28. The smallest absolute Gasteiger partial charge is 0.338 e. The molecule has 0 N–H and O–H groups in total. The minimum absolute atomic E-state index is 0.277. The van der Waals surface area contributed by atoms with Crippen LogP contribution in [0.1, 0.15) is 55.9 Å². The van der Waals surface area contributed by atoms with Gasteiger partial charge in [0, 0.05) is 12.0 Å². The largest absolute Gasteiger partial charge is 0.459 e. The maximum atomic E-state index is 13.6. The van der Waals surface area contributed by atoms with Crippen LogP contribution in [-0.2, 0) is 34.2 Å². The van der Waals surface area contributed by atoms with Crippen LogP contribution in [0.25, 0.3) is 0 Å². The van der Waals surface area contributed by atoms with Crippen LogP contribution in [0.4, 0.5) is 0 Å². The van der Waals surface area contributed by atoms with Gasteiger partial charge in [-0.1, -0.05) is 91.0 Å². The predicted molar refractivity (Wildman–Crippen MR) is 175 cm³/mol. The van der Waals surface area contributed by atoms with Crippen LogP contribution in [0.15, 0.2) is 134 Å². The van der Waals surface area contributed by atoms with Crippen molar-refractivity contribution in [3.8, 4) is 0 Å². The summed E-state index contributed by atoms with van der Waals surface area (Å²) in [6.45, 7) is 3.51. The van der Waals surface area contributed by atoms with Crippen LogP contribution >= 0.6 is 0 Å². The van der Waals surface area contributed by atoms with Crippen molar-refractivity contribution in [1.29, 1.82) is 0 Å². The molecule has 9 heteroatoms.